The maximum atomic E-state index is 11.4. The molecule has 0 bridgehead atoms. The van der Waals surface area contributed by atoms with Crippen LogP contribution in [-0.4, -0.2) is 14.7 Å². The number of benzene rings is 2. The number of rotatable bonds is 4. The predicted octanol–water partition coefficient (Wildman–Crippen LogP) is 4.16. The monoisotopic (exact) mass is 303 g/mol. The number of anilines is 1. The summed E-state index contributed by atoms with van der Waals surface area (Å²) in [4.78, 5) is 0. The second kappa shape index (κ2) is 5.90. The molecule has 2 aromatic rings. The van der Waals surface area contributed by atoms with Gasteiger partial charge in [-0.2, -0.15) is 0 Å². The lowest BCUT2D eigenvalue weighted by molar-refractivity contribution is 0.607. The van der Waals surface area contributed by atoms with Crippen molar-refractivity contribution < 1.29 is 8.42 Å². The zero-order valence-corrected chi connectivity index (χ0v) is 13.7. The second-order valence-electron chi connectivity index (χ2n) is 5.63. The number of hydrogen-bond acceptors (Lipinski definition) is 2. The fraction of sp³-hybridized carbons (Fsp3) is 0.294. The molecule has 2 rings (SSSR count). The fourth-order valence-corrected chi connectivity index (χ4v) is 2.93. The van der Waals surface area contributed by atoms with Crippen LogP contribution in [0.1, 0.15) is 30.9 Å². The normalized spacial score (nSPS) is 11.7. The van der Waals surface area contributed by atoms with Gasteiger partial charge in [0.2, 0.25) is 10.0 Å². The summed E-state index contributed by atoms with van der Waals surface area (Å²) in [6.45, 7) is 6.26. The molecular weight excluding hydrogens is 282 g/mol. The third-order valence-corrected chi connectivity index (χ3v) is 4.11. The SMILES string of the molecule is Cc1c(NS(C)(=O)=O)cccc1-c1ccc(C(C)C)cc1. The van der Waals surface area contributed by atoms with Gasteiger partial charge in [-0.15, -0.1) is 0 Å². The summed E-state index contributed by atoms with van der Waals surface area (Å²) in [5.41, 5.74) is 4.98. The van der Waals surface area contributed by atoms with Gasteiger partial charge >= 0.3 is 0 Å². The zero-order valence-electron chi connectivity index (χ0n) is 12.8. The van der Waals surface area contributed by atoms with Crippen LogP contribution in [0, 0.1) is 6.92 Å². The van der Waals surface area contributed by atoms with Crippen molar-refractivity contribution >= 4 is 15.7 Å². The molecule has 0 spiro atoms. The molecule has 0 saturated carbocycles. The first kappa shape index (κ1) is 15.6. The molecule has 0 amide bonds. The first-order chi connectivity index (χ1) is 9.78. The molecule has 3 nitrogen and oxygen atoms in total. The highest BCUT2D eigenvalue weighted by molar-refractivity contribution is 7.92. The molecule has 0 aromatic heterocycles. The van der Waals surface area contributed by atoms with Gasteiger partial charge in [0, 0.05) is 0 Å². The smallest absolute Gasteiger partial charge is 0.229 e. The van der Waals surface area contributed by atoms with Gasteiger partial charge in [0.05, 0.1) is 11.9 Å². The molecule has 4 heteroatoms. The Morgan fingerprint density at radius 3 is 2.14 bits per heavy atom. The van der Waals surface area contributed by atoms with Crippen LogP contribution in [-0.2, 0) is 10.0 Å². The first-order valence-corrected chi connectivity index (χ1v) is 8.85. The Morgan fingerprint density at radius 1 is 1.00 bits per heavy atom. The summed E-state index contributed by atoms with van der Waals surface area (Å²) in [5.74, 6) is 0.499. The van der Waals surface area contributed by atoms with E-state index in [0.717, 1.165) is 22.9 Å². The van der Waals surface area contributed by atoms with E-state index in [9.17, 15) is 8.42 Å². The third-order valence-electron chi connectivity index (χ3n) is 3.52. The average Bonchev–Trinajstić information content (AvgIpc) is 2.40. The Bertz CT molecular complexity index is 732. The Hall–Kier alpha value is -1.81. The maximum Gasteiger partial charge on any atom is 0.229 e. The molecule has 0 aliphatic carbocycles. The molecule has 0 saturated heterocycles. The Labute approximate surface area is 127 Å². The molecule has 112 valence electrons. The summed E-state index contributed by atoms with van der Waals surface area (Å²) >= 11 is 0. The molecule has 0 unspecified atom stereocenters. The first-order valence-electron chi connectivity index (χ1n) is 6.95. The van der Waals surface area contributed by atoms with E-state index in [1.807, 2.05) is 19.1 Å². The van der Waals surface area contributed by atoms with Crippen molar-refractivity contribution in [3.05, 3.63) is 53.6 Å². The molecule has 0 aliphatic heterocycles. The summed E-state index contributed by atoms with van der Waals surface area (Å²) in [6, 6.07) is 14.1. The van der Waals surface area contributed by atoms with E-state index in [1.165, 1.54) is 5.56 Å². The van der Waals surface area contributed by atoms with Crippen LogP contribution in [0.5, 0.6) is 0 Å². The largest absolute Gasteiger partial charge is 0.283 e. The van der Waals surface area contributed by atoms with Gasteiger partial charge in [-0.1, -0.05) is 50.2 Å². The zero-order chi connectivity index (χ0) is 15.6. The maximum absolute atomic E-state index is 11.4. The predicted molar refractivity (Wildman–Crippen MR) is 89.2 cm³/mol. The van der Waals surface area contributed by atoms with E-state index in [0.29, 0.717) is 11.6 Å². The summed E-state index contributed by atoms with van der Waals surface area (Å²) in [7, 11) is -3.27. The Kier molecular flexibility index (Phi) is 4.37. The van der Waals surface area contributed by atoms with Gasteiger partial charge in [0.25, 0.3) is 0 Å². The second-order valence-corrected chi connectivity index (χ2v) is 7.38. The van der Waals surface area contributed by atoms with E-state index in [2.05, 4.69) is 42.8 Å². The summed E-state index contributed by atoms with van der Waals surface area (Å²) in [6.07, 6.45) is 1.16. The highest BCUT2D eigenvalue weighted by Gasteiger charge is 2.09. The van der Waals surface area contributed by atoms with Gasteiger partial charge in [0.15, 0.2) is 0 Å². The third kappa shape index (κ3) is 3.85. The van der Waals surface area contributed by atoms with Crippen molar-refractivity contribution in [3.63, 3.8) is 0 Å². The van der Waals surface area contributed by atoms with Crippen LogP contribution in [0.25, 0.3) is 11.1 Å². The van der Waals surface area contributed by atoms with Crippen molar-refractivity contribution in [2.75, 3.05) is 11.0 Å². The van der Waals surface area contributed by atoms with E-state index < -0.39 is 10.0 Å². The molecule has 0 atom stereocenters. The highest BCUT2D eigenvalue weighted by Crippen LogP contribution is 2.30. The average molecular weight is 303 g/mol. The van der Waals surface area contributed by atoms with E-state index in [1.54, 1.807) is 6.07 Å². The van der Waals surface area contributed by atoms with Crippen LogP contribution < -0.4 is 4.72 Å². The standard InChI is InChI=1S/C17H21NO2S/c1-12(2)14-8-10-15(11-9-14)16-6-5-7-17(13(16)3)18-21(4,19)20/h5-12,18H,1-4H3. The van der Waals surface area contributed by atoms with Crippen molar-refractivity contribution in [2.24, 2.45) is 0 Å². The van der Waals surface area contributed by atoms with Crippen LogP contribution in [0.2, 0.25) is 0 Å². The molecule has 0 fully saturated rings. The van der Waals surface area contributed by atoms with Gasteiger partial charge < -0.3 is 0 Å². The van der Waals surface area contributed by atoms with E-state index in [-0.39, 0.29) is 0 Å². The van der Waals surface area contributed by atoms with Gasteiger partial charge in [-0.05, 0) is 41.2 Å². The van der Waals surface area contributed by atoms with Crippen molar-refractivity contribution in [3.8, 4) is 11.1 Å². The molecule has 0 heterocycles. The van der Waals surface area contributed by atoms with Crippen molar-refractivity contribution in [1.29, 1.82) is 0 Å². The van der Waals surface area contributed by atoms with Crippen LogP contribution in [0.3, 0.4) is 0 Å². The van der Waals surface area contributed by atoms with Crippen molar-refractivity contribution in [1.82, 2.24) is 0 Å². The topological polar surface area (TPSA) is 46.2 Å². The van der Waals surface area contributed by atoms with Crippen LogP contribution in [0.4, 0.5) is 5.69 Å². The minimum atomic E-state index is -3.27. The number of nitrogens with one attached hydrogen (secondary N) is 1. The Morgan fingerprint density at radius 2 is 1.62 bits per heavy atom. The fourth-order valence-electron chi connectivity index (χ4n) is 2.31. The number of hydrogen-bond donors (Lipinski definition) is 1. The van der Waals surface area contributed by atoms with Crippen LogP contribution in [0.15, 0.2) is 42.5 Å². The van der Waals surface area contributed by atoms with Gasteiger partial charge in [-0.3, -0.25) is 4.72 Å². The number of sulfonamides is 1. The highest BCUT2D eigenvalue weighted by atomic mass is 32.2. The van der Waals surface area contributed by atoms with E-state index >= 15 is 0 Å². The molecule has 2 aromatic carbocycles. The quantitative estimate of drug-likeness (QED) is 0.922. The van der Waals surface area contributed by atoms with Gasteiger partial charge in [-0.25, -0.2) is 8.42 Å². The minimum absolute atomic E-state index is 0.499. The van der Waals surface area contributed by atoms with E-state index in [4.69, 9.17) is 0 Å². The Balaban J connectivity index is 2.42. The molecule has 21 heavy (non-hydrogen) atoms. The molecule has 0 radical (unpaired) electrons. The summed E-state index contributed by atoms with van der Waals surface area (Å²) < 4.78 is 25.4. The lowest BCUT2D eigenvalue weighted by Crippen LogP contribution is -2.10. The van der Waals surface area contributed by atoms with Gasteiger partial charge in [0.1, 0.15) is 0 Å². The van der Waals surface area contributed by atoms with Crippen LogP contribution >= 0.6 is 0 Å². The lowest BCUT2D eigenvalue weighted by atomic mass is 9.96. The molecule has 0 aliphatic rings. The minimum Gasteiger partial charge on any atom is -0.283 e. The van der Waals surface area contributed by atoms with Crippen molar-refractivity contribution in [2.45, 2.75) is 26.7 Å². The molecule has 1 N–H and O–H groups in total. The summed E-state index contributed by atoms with van der Waals surface area (Å²) in [5, 5.41) is 0. The lowest BCUT2D eigenvalue weighted by Gasteiger charge is -2.13. The molecular formula is C17H21NO2S.